The SMILES string of the molecule is CCC(CC)N1CC(C(=O)N2CCCC2Cc2ccccc2)CC1=O. The maximum absolute atomic E-state index is 13.1. The quantitative estimate of drug-likeness (QED) is 0.796. The highest BCUT2D eigenvalue weighted by Gasteiger charge is 2.41. The zero-order chi connectivity index (χ0) is 17.8. The number of hydrogen-bond acceptors (Lipinski definition) is 2. The molecule has 0 saturated carbocycles. The van der Waals surface area contributed by atoms with Crippen molar-refractivity contribution in [2.24, 2.45) is 5.92 Å². The van der Waals surface area contributed by atoms with E-state index in [1.165, 1.54) is 5.56 Å². The van der Waals surface area contributed by atoms with E-state index >= 15 is 0 Å². The highest BCUT2D eigenvalue weighted by molar-refractivity contribution is 5.89. The van der Waals surface area contributed by atoms with Crippen LogP contribution >= 0.6 is 0 Å². The van der Waals surface area contributed by atoms with Crippen molar-refractivity contribution in [2.45, 2.75) is 64.5 Å². The first-order valence-corrected chi connectivity index (χ1v) is 9.77. The van der Waals surface area contributed by atoms with Crippen molar-refractivity contribution < 1.29 is 9.59 Å². The van der Waals surface area contributed by atoms with Crippen LogP contribution in [0.5, 0.6) is 0 Å². The average molecular weight is 342 g/mol. The van der Waals surface area contributed by atoms with Gasteiger partial charge in [-0.2, -0.15) is 0 Å². The Morgan fingerprint density at radius 1 is 1.20 bits per heavy atom. The summed E-state index contributed by atoms with van der Waals surface area (Å²) < 4.78 is 0. The van der Waals surface area contributed by atoms with Crippen LogP contribution in [-0.2, 0) is 16.0 Å². The number of amides is 2. The number of rotatable bonds is 6. The molecule has 0 aliphatic carbocycles. The van der Waals surface area contributed by atoms with Gasteiger partial charge in [0, 0.05) is 31.6 Å². The monoisotopic (exact) mass is 342 g/mol. The molecule has 2 fully saturated rings. The van der Waals surface area contributed by atoms with Crippen molar-refractivity contribution in [1.29, 1.82) is 0 Å². The highest BCUT2D eigenvalue weighted by atomic mass is 16.2. The molecule has 0 radical (unpaired) electrons. The second kappa shape index (κ2) is 8.03. The first-order valence-electron chi connectivity index (χ1n) is 9.77. The van der Waals surface area contributed by atoms with E-state index in [9.17, 15) is 9.59 Å². The zero-order valence-electron chi connectivity index (χ0n) is 15.5. The number of hydrogen-bond donors (Lipinski definition) is 0. The van der Waals surface area contributed by atoms with Gasteiger partial charge in [0.25, 0.3) is 0 Å². The summed E-state index contributed by atoms with van der Waals surface area (Å²) in [7, 11) is 0. The van der Waals surface area contributed by atoms with E-state index in [2.05, 4.69) is 43.0 Å². The largest absolute Gasteiger partial charge is 0.339 e. The molecular formula is C21H30N2O2. The van der Waals surface area contributed by atoms with E-state index in [0.29, 0.717) is 13.0 Å². The summed E-state index contributed by atoms with van der Waals surface area (Å²) in [6, 6.07) is 11.0. The Labute approximate surface area is 151 Å². The van der Waals surface area contributed by atoms with E-state index in [4.69, 9.17) is 0 Å². The van der Waals surface area contributed by atoms with Gasteiger partial charge < -0.3 is 9.80 Å². The molecule has 2 unspecified atom stereocenters. The number of carbonyl (C=O) groups is 2. The van der Waals surface area contributed by atoms with Gasteiger partial charge in [0.05, 0.1) is 5.92 Å². The van der Waals surface area contributed by atoms with E-state index in [1.54, 1.807) is 0 Å². The lowest BCUT2D eigenvalue weighted by Crippen LogP contribution is -2.42. The number of carbonyl (C=O) groups excluding carboxylic acids is 2. The Morgan fingerprint density at radius 3 is 2.60 bits per heavy atom. The number of likely N-dealkylation sites (tertiary alicyclic amines) is 2. The minimum absolute atomic E-state index is 0.149. The van der Waals surface area contributed by atoms with Crippen LogP contribution in [-0.4, -0.2) is 46.8 Å². The van der Waals surface area contributed by atoms with Gasteiger partial charge >= 0.3 is 0 Å². The first kappa shape index (κ1) is 18.0. The summed E-state index contributed by atoms with van der Waals surface area (Å²) in [4.78, 5) is 29.5. The summed E-state index contributed by atoms with van der Waals surface area (Å²) in [5.41, 5.74) is 1.29. The second-order valence-corrected chi connectivity index (χ2v) is 7.43. The van der Waals surface area contributed by atoms with Gasteiger partial charge in [-0.25, -0.2) is 0 Å². The average Bonchev–Trinajstić information content (AvgIpc) is 3.24. The summed E-state index contributed by atoms with van der Waals surface area (Å²) in [5.74, 6) is 0.204. The lowest BCUT2D eigenvalue weighted by atomic mass is 10.0. The Bertz CT molecular complexity index is 597. The van der Waals surface area contributed by atoms with Gasteiger partial charge in [0.1, 0.15) is 0 Å². The topological polar surface area (TPSA) is 40.6 Å². The fraction of sp³-hybridized carbons (Fsp3) is 0.619. The van der Waals surface area contributed by atoms with Crippen LogP contribution in [0.25, 0.3) is 0 Å². The molecule has 1 aromatic rings. The Morgan fingerprint density at radius 2 is 1.92 bits per heavy atom. The molecule has 1 aromatic carbocycles. The lowest BCUT2D eigenvalue weighted by molar-refractivity contribution is -0.136. The van der Waals surface area contributed by atoms with Gasteiger partial charge in [0.15, 0.2) is 0 Å². The van der Waals surface area contributed by atoms with E-state index in [1.807, 2.05) is 11.0 Å². The van der Waals surface area contributed by atoms with Crippen LogP contribution in [0, 0.1) is 5.92 Å². The molecule has 0 N–H and O–H groups in total. The maximum Gasteiger partial charge on any atom is 0.228 e. The van der Waals surface area contributed by atoms with Gasteiger partial charge in [-0.15, -0.1) is 0 Å². The summed E-state index contributed by atoms with van der Waals surface area (Å²) in [6.45, 7) is 5.69. The van der Waals surface area contributed by atoms with E-state index in [-0.39, 0.29) is 29.8 Å². The molecule has 4 heteroatoms. The van der Waals surface area contributed by atoms with Crippen LogP contribution in [0.2, 0.25) is 0 Å². The van der Waals surface area contributed by atoms with Crippen LogP contribution in [0.15, 0.2) is 30.3 Å². The molecule has 0 bridgehead atoms. The zero-order valence-corrected chi connectivity index (χ0v) is 15.5. The van der Waals surface area contributed by atoms with E-state index in [0.717, 1.165) is 38.6 Å². The molecule has 2 amide bonds. The second-order valence-electron chi connectivity index (χ2n) is 7.43. The number of benzene rings is 1. The molecular weight excluding hydrogens is 312 g/mol. The van der Waals surface area contributed by atoms with Crippen molar-refractivity contribution in [3.05, 3.63) is 35.9 Å². The Kier molecular flexibility index (Phi) is 5.77. The third-order valence-corrected chi connectivity index (χ3v) is 5.87. The number of nitrogens with zero attached hydrogens (tertiary/aromatic N) is 2. The molecule has 0 aromatic heterocycles. The lowest BCUT2D eigenvalue weighted by Gasteiger charge is -2.29. The van der Waals surface area contributed by atoms with Gasteiger partial charge in [-0.3, -0.25) is 9.59 Å². The summed E-state index contributed by atoms with van der Waals surface area (Å²) in [5, 5.41) is 0. The molecule has 2 atom stereocenters. The molecule has 2 saturated heterocycles. The highest BCUT2D eigenvalue weighted by Crippen LogP contribution is 2.29. The van der Waals surface area contributed by atoms with Crippen molar-refractivity contribution >= 4 is 11.8 Å². The van der Waals surface area contributed by atoms with Crippen molar-refractivity contribution in [3.63, 3.8) is 0 Å². The predicted molar refractivity (Wildman–Crippen MR) is 99.1 cm³/mol. The van der Waals surface area contributed by atoms with Crippen LogP contribution in [0.4, 0.5) is 0 Å². The van der Waals surface area contributed by atoms with Crippen molar-refractivity contribution in [2.75, 3.05) is 13.1 Å². The molecule has 25 heavy (non-hydrogen) atoms. The first-order chi connectivity index (χ1) is 12.1. The fourth-order valence-corrected chi connectivity index (χ4v) is 4.44. The Hall–Kier alpha value is -1.84. The molecule has 2 aliphatic heterocycles. The standard InChI is InChI=1S/C21H30N2O2/c1-3-18(4-2)23-15-17(14-20(23)24)21(25)22-12-8-11-19(22)13-16-9-6-5-7-10-16/h5-7,9-10,17-19H,3-4,8,11-15H2,1-2H3. The molecule has 2 heterocycles. The van der Waals surface area contributed by atoms with Gasteiger partial charge in [0.2, 0.25) is 11.8 Å². The van der Waals surface area contributed by atoms with Gasteiger partial charge in [-0.05, 0) is 37.7 Å². The smallest absolute Gasteiger partial charge is 0.228 e. The van der Waals surface area contributed by atoms with Crippen molar-refractivity contribution in [3.8, 4) is 0 Å². The molecule has 3 rings (SSSR count). The molecule has 136 valence electrons. The minimum Gasteiger partial charge on any atom is -0.339 e. The van der Waals surface area contributed by atoms with Crippen LogP contribution in [0.3, 0.4) is 0 Å². The van der Waals surface area contributed by atoms with Crippen LogP contribution in [0.1, 0.15) is 51.5 Å². The molecule has 0 spiro atoms. The predicted octanol–water partition coefficient (Wildman–Crippen LogP) is 3.26. The normalized spacial score (nSPS) is 23.7. The van der Waals surface area contributed by atoms with Gasteiger partial charge in [-0.1, -0.05) is 44.2 Å². The van der Waals surface area contributed by atoms with Crippen LogP contribution < -0.4 is 0 Å². The third-order valence-electron chi connectivity index (χ3n) is 5.87. The molecule has 4 nitrogen and oxygen atoms in total. The Balaban J connectivity index is 1.65. The minimum atomic E-state index is -0.149. The fourth-order valence-electron chi connectivity index (χ4n) is 4.44. The summed E-state index contributed by atoms with van der Waals surface area (Å²) in [6.07, 6.45) is 5.37. The van der Waals surface area contributed by atoms with E-state index < -0.39 is 0 Å². The summed E-state index contributed by atoms with van der Waals surface area (Å²) >= 11 is 0. The van der Waals surface area contributed by atoms with Crippen molar-refractivity contribution in [1.82, 2.24) is 9.80 Å². The molecule has 2 aliphatic rings. The maximum atomic E-state index is 13.1. The third kappa shape index (κ3) is 3.88.